The molecule has 0 bridgehead atoms. The van der Waals surface area contributed by atoms with E-state index in [1.165, 1.54) is 0 Å². The number of pyridine rings is 1. The van der Waals surface area contributed by atoms with E-state index in [4.69, 9.17) is 9.63 Å². The zero-order valence-corrected chi connectivity index (χ0v) is 13.7. The number of amides is 1. The van der Waals surface area contributed by atoms with Gasteiger partial charge in [0.25, 0.3) is 5.91 Å². The zero-order valence-electron chi connectivity index (χ0n) is 13.7. The van der Waals surface area contributed by atoms with E-state index in [-0.39, 0.29) is 18.2 Å². The molecule has 2 heterocycles. The molecule has 7 nitrogen and oxygen atoms in total. The number of nitrogens with one attached hydrogen (secondary N) is 1. The van der Waals surface area contributed by atoms with Crippen LogP contribution in [0.3, 0.4) is 0 Å². The minimum atomic E-state index is -0.347. The summed E-state index contributed by atoms with van der Waals surface area (Å²) >= 11 is 0. The molecule has 0 saturated heterocycles. The van der Waals surface area contributed by atoms with E-state index in [1.54, 1.807) is 42.7 Å². The Morgan fingerprint density at radius 3 is 2.60 bits per heavy atom. The summed E-state index contributed by atoms with van der Waals surface area (Å²) in [6, 6.07) is 12.5. The normalized spacial score (nSPS) is 10.5. The average molecular weight is 338 g/mol. The number of aromatic nitrogens is 2. The Labute approximate surface area is 144 Å². The van der Waals surface area contributed by atoms with Gasteiger partial charge in [-0.05, 0) is 36.4 Å². The van der Waals surface area contributed by atoms with E-state index >= 15 is 0 Å². The molecule has 3 aromatic rings. The van der Waals surface area contributed by atoms with Gasteiger partial charge in [-0.15, -0.1) is 0 Å². The third kappa shape index (κ3) is 4.02. The number of carbonyl (C=O) groups excluding carboxylic acids is 1. The third-order valence-corrected chi connectivity index (χ3v) is 3.71. The maximum absolute atomic E-state index is 12.3. The van der Waals surface area contributed by atoms with E-state index in [1.807, 2.05) is 24.1 Å². The van der Waals surface area contributed by atoms with Crippen LogP contribution in [-0.4, -0.2) is 41.4 Å². The lowest BCUT2D eigenvalue weighted by Crippen LogP contribution is -2.21. The SMILES string of the molecule is CN(CCO)c1ccc(NC(=O)c2cc(-c3ccncc3)on2)cc1. The second-order valence-electron chi connectivity index (χ2n) is 5.46. The van der Waals surface area contributed by atoms with Crippen molar-refractivity contribution in [3.05, 3.63) is 60.6 Å². The monoisotopic (exact) mass is 338 g/mol. The molecule has 1 amide bonds. The Morgan fingerprint density at radius 2 is 1.92 bits per heavy atom. The highest BCUT2D eigenvalue weighted by molar-refractivity contribution is 6.03. The van der Waals surface area contributed by atoms with E-state index < -0.39 is 0 Å². The summed E-state index contributed by atoms with van der Waals surface area (Å²) in [5.41, 5.74) is 2.61. The lowest BCUT2D eigenvalue weighted by atomic mass is 10.2. The standard InChI is InChI=1S/C18H18N4O3/c1-22(10-11-23)15-4-2-14(3-5-15)20-18(24)16-12-17(25-21-16)13-6-8-19-9-7-13/h2-9,12,23H,10-11H2,1H3,(H,20,24). The summed E-state index contributed by atoms with van der Waals surface area (Å²) in [6.45, 7) is 0.628. The van der Waals surface area contributed by atoms with Gasteiger partial charge in [-0.1, -0.05) is 5.16 Å². The van der Waals surface area contributed by atoms with Crippen molar-refractivity contribution in [3.63, 3.8) is 0 Å². The number of likely N-dealkylation sites (N-methyl/N-ethyl adjacent to an activating group) is 1. The molecule has 0 fully saturated rings. The molecule has 7 heteroatoms. The van der Waals surface area contributed by atoms with Crippen molar-refractivity contribution in [2.75, 3.05) is 30.4 Å². The Balaban J connectivity index is 1.67. The van der Waals surface area contributed by atoms with Gasteiger partial charge in [-0.3, -0.25) is 9.78 Å². The lowest BCUT2D eigenvalue weighted by Gasteiger charge is -2.18. The van der Waals surface area contributed by atoms with Crippen LogP contribution >= 0.6 is 0 Å². The lowest BCUT2D eigenvalue weighted by molar-refractivity contribution is 0.101. The van der Waals surface area contributed by atoms with E-state index in [2.05, 4.69) is 15.5 Å². The number of rotatable bonds is 6. The second-order valence-corrected chi connectivity index (χ2v) is 5.46. The van der Waals surface area contributed by atoms with Gasteiger partial charge in [0.2, 0.25) is 0 Å². The van der Waals surface area contributed by atoms with Crippen LogP contribution < -0.4 is 10.2 Å². The summed E-state index contributed by atoms with van der Waals surface area (Å²) in [7, 11) is 1.89. The van der Waals surface area contributed by atoms with Crippen molar-refractivity contribution in [1.82, 2.24) is 10.1 Å². The first-order valence-corrected chi connectivity index (χ1v) is 7.78. The summed E-state index contributed by atoms with van der Waals surface area (Å²) in [5, 5.41) is 15.6. The largest absolute Gasteiger partial charge is 0.395 e. The van der Waals surface area contributed by atoms with Crippen molar-refractivity contribution in [1.29, 1.82) is 0 Å². The molecule has 3 rings (SSSR count). The van der Waals surface area contributed by atoms with Crippen LogP contribution in [0.1, 0.15) is 10.5 Å². The molecule has 1 aromatic carbocycles. The van der Waals surface area contributed by atoms with Crippen LogP contribution in [0.25, 0.3) is 11.3 Å². The predicted octanol–water partition coefficient (Wildman–Crippen LogP) is 2.42. The summed E-state index contributed by atoms with van der Waals surface area (Å²) in [4.78, 5) is 18.2. The summed E-state index contributed by atoms with van der Waals surface area (Å²) in [5.74, 6) is 0.161. The van der Waals surface area contributed by atoms with Crippen molar-refractivity contribution >= 4 is 17.3 Å². The van der Waals surface area contributed by atoms with Crippen molar-refractivity contribution in [3.8, 4) is 11.3 Å². The van der Waals surface area contributed by atoms with Crippen LogP contribution in [0.15, 0.2) is 59.4 Å². The highest BCUT2D eigenvalue weighted by Gasteiger charge is 2.14. The molecule has 2 N–H and O–H groups in total. The van der Waals surface area contributed by atoms with Gasteiger partial charge >= 0.3 is 0 Å². The van der Waals surface area contributed by atoms with Gasteiger partial charge < -0.3 is 19.8 Å². The minimum Gasteiger partial charge on any atom is -0.395 e. The van der Waals surface area contributed by atoms with Crippen LogP contribution in [0.2, 0.25) is 0 Å². The molecule has 0 aliphatic rings. The topological polar surface area (TPSA) is 91.5 Å². The first kappa shape index (κ1) is 16.7. The van der Waals surface area contributed by atoms with E-state index in [0.29, 0.717) is 18.0 Å². The number of aliphatic hydroxyl groups is 1. The van der Waals surface area contributed by atoms with E-state index in [9.17, 15) is 4.79 Å². The molecule has 0 aliphatic carbocycles. The first-order valence-electron chi connectivity index (χ1n) is 7.78. The van der Waals surface area contributed by atoms with E-state index in [0.717, 1.165) is 11.3 Å². The summed E-state index contributed by atoms with van der Waals surface area (Å²) in [6.07, 6.45) is 3.29. The Kier molecular flexibility index (Phi) is 5.06. The van der Waals surface area contributed by atoms with Crippen molar-refractivity contribution in [2.45, 2.75) is 0 Å². The fraction of sp³-hybridized carbons (Fsp3) is 0.167. The highest BCUT2D eigenvalue weighted by atomic mass is 16.5. The predicted molar refractivity (Wildman–Crippen MR) is 94.5 cm³/mol. The Morgan fingerprint density at radius 1 is 1.20 bits per heavy atom. The Hall–Kier alpha value is -3.19. The van der Waals surface area contributed by atoms with Gasteiger partial charge in [0, 0.05) is 49.0 Å². The van der Waals surface area contributed by atoms with Crippen LogP contribution in [-0.2, 0) is 0 Å². The molecule has 128 valence electrons. The summed E-state index contributed by atoms with van der Waals surface area (Å²) < 4.78 is 5.22. The molecule has 0 spiro atoms. The second kappa shape index (κ2) is 7.59. The van der Waals surface area contributed by atoms with Crippen LogP contribution in [0.4, 0.5) is 11.4 Å². The Bertz CT molecular complexity index is 831. The molecular weight excluding hydrogens is 320 g/mol. The number of carbonyl (C=O) groups is 1. The minimum absolute atomic E-state index is 0.0843. The molecule has 0 unspecified atom stereocenters. The fourth-order valence-corrected chi connectivity index (χ4v) is 2.31. The first-order chi connectivity index (χ1) is 12.2. The third-order valence-electron chi connectivity index (χ3n) is 3.71. The van der Waals surface area contributed by atoms with Gasteiger partial charge in [0.1, 0.15) is 0 Å². The van der Waals surface area contributed by atoms with Crippen molar-refractivity contribution in [2.24, 2.45) is 0 Å². The van der Waals surface area contributed by atoms with Crippen LogP contribution in [0, 0.1) is 0 Å². The molecule has 0 aliphatic heterocycles. The fourth-order valence-electron chi connectivity index (χ4n) is 2.31. The quantitative estimate of drug-likeness (QED) is 0.717. The maximum atomic E-state index is 12.3. The molecule has 0 atom stereocenters. The van der Waals surface area contributed by atoms with Crippen LogP contribution in [0.5, 0.6) is 0 Å². The molecule has 25 heavy (non-hydrogen) atoms. The van der Waals surface area contributed by atoms with Gasteiger partial charge in [0.15, 0.2) is 11.5 Å². The smallest absolute Gasteiger partial charge is 0.277 e. The van der Waals surface area contributed by atoms with Gasteiger partial charge in [-0.2, -0.15) is 0 Å². The number of aliphatic hydroxyl groups excluding tert-OH is 1. The molecular formula is C18H18N4O3. The molecule has 0 saturated carbocycles. The molecule has 0 radical (unpaired) electrons. The zero-order chi connectivity index (χ0) is 17.6. The average Bonchev–Trinajstić information content (AvgIpc) is 3.13. The van der Waals surface area contributed by atoms with Crippen molar-refractivity contribution < 1.29 is 14.4 Å². The van der Waals surface area contributed by atoms with Gasteiger partial charge in [-0.25, -0.2) is 0 Å². The maximum Gasteiger partial charge on any atom is 0.277 e. The number of hydrogen-bond donors (Lipinski definition) is 2. The number of hydrogen-bond acceptors (Lipinski definition) is 6. The number of benzene rings is 1. The highest BCUT2D eigenvalue weighted by Crippen LogP contribution is 2.21. The molecule has 2 aromatic heterocycles. The number of anilines is 2. The van der Waals surface area contributed by atoms with Gasteiger partial charge in [0.05, 0.1) is 6.61 Å². The number of nitrogens with zero attached hydrogens (tertiary/aromatic N) is 3.